The molecule has 2 aromatic rings. The summed E-state index contributed by atoms with van der Waals surface area (Å²) in [7, 11) is 0. The highest BCUT2D eigenvalue weighted by Crippen LogP contribution is 2.43. The molecule has 5 nitrogen and oxygen atoms in total. The van der Waals surface area contributed by atoms with Crippen molar-refractivity contribution in [3.05, 3.63) is 36.2 Å². The van der Waals surface area contributed by atoms with Gasteiger partial charge in [0.05, 0.1) is 5.69 Å². The molecule has 3 aliphatic rings. The molecule has 1 saturated heterocycles. The van der Waals surface area contributed by atoms with Crippen LogP contribution in [0.15, 0.2) is 40.5 Å². The van der Waals surface area contributed by atoms with Gasteiger partial charge in [0, 0.05) is 43.5 Å². The van der Waals surface area contributed by atoms with Crippen molar-refractivity contribution in [2.24, 2.45) is 17.8 Å². The second-order valence-electron chi connectivity index (χ2n) is 7.50. The van der Waals surface area contributed by atoms with Crippen LogP contribution in [0.4, 0.5) is 11.5 Å². The minimum absolute atomic E-state index is 0. The number of hydrogen-bond donors (Lipinski definition) is 2. The summed E-state index contributed by atoms with van der Waals surface area (Å²) in [6.07, 6.45) is 5.87. The Bertz CT molecular complexity index is 785. The second kappa shape index (κ2) is 7.18. The van der Waals surface area contributed by atoms with Gasteiger partial charge in [0.25, 0.3) is 0 Å². The highest BCUT2D eigenvalue weighted by Gasteiger charge is 2.40. The van der Waals surface area contributed by atoms with Crippen molar-refractivity contribution in [2.75, 3.05) is 25.0 Å². The molecule has 2 atom stereocenters. The summed E-state index contributed by atoms with van der Waals surface area (Å²) in [5.41, 5.74) is 2.48. The van der Waals surface area contributed by atoms with Gasteiger partial charge in [0.15, 0.2) is 5.82 Å². The molecule has 0 bridgehead atoms. The minimum Gasteiger partial charge on any atom is -0.396 e. The maximum Gasteiger partial charge on any atom is 0.163 e. The SMILES string of the molecule is C.OCC1CC2CN(Cc3ccc4c(c3)Nc3nccnc3S4)CC2C1. The van der Waals surface area contributed by atoms with Crippen LogP contribution < -0.4 is 5.32 Å². The molecular weight excluding hydrogens is 344 g/mol. The first-order valence-corrected chi connectivity index (χ1v) is 9.82. The van der Waals surface area contributed by atoms with Gasteiger partial charge in [-0.15, -0.1) is 0 Å². The lowest BCUT2D eigenvalue weighted by molar-refractivity contribution is 0.209. The highest BCUT2D eigenvalue weighted by atomic mass is 32.2. The Morgan fingerprint density at radius 3 is 2.69 bits per heavy atom. The number of rotatable bonds is 3. The molecule has 1 aromatic carbocycles. The molecule has 0 radical (unpaired) electrons. The smallest absolute Gasteiger partial charge is 0.163 e. The lowest BCUT2D eigenvalue weighted by atomic mass is 10.0. The number of hydrogen-bond acceptors (Lipinski definition) is 6. The van der Waals surface area contributed by atoms with Gasteiger partial charge in [-0.05, 0) is 48.3 Å². The fraction of sp³-hybridized carbons (Fsp3) is 0.500. The average molecular weight is 371 g/mol. The molecular formula is C20H26N4OS. The predicted octanol–water partition coefficient (Wildman–Crippen LogP) is 3.77. The number of nitrogens with zero attached hydrogens (tertiary/aromatic N) is 3. The molecule has 6 heteroatoms. The third kappa shape index (κ3) is 3.21. The normalized spacial score (nSPS) is 26.4. The first-order valence-electron chi connectivity index (χ1n) is 9.00. The van der Waals surface area contributed by atoms with Gasteiger partial charge in [0.1, 0.15) is 5.03 Å². The van der Waals surface area contributed by atoms with Crippen molar-refractivity contribution >= 4 is 23.3 Å². The molecule has 2 fully saturated rings. The Hall–Kier alpha value is -1.63. The molecule has 5 rings (SSSR count). The van der Waals surface area contributed by atoms with E-state index in [1.807, 2.05) is 0 Å². The number of benzene rings is 1. The number of aliphatic hydroxyl groups excluding tert-OH is 1. The summed E-state index contributed by atoms with van der Waals surface area (Å²) in [6, 6.07) is 6.68. The van der Waals surface area contributed by atoms with Crippen LogP contribution in [0.3, 0.4) is 0 Å². The summed E-state index contributed by atoms with van der Waals surface area (Å²) in [5, 5.41) is 13.7. The van der Waals surface area contributed by atoms with Crippen molar-refractivity contribution in [3.8, 4) is 0 Å². The molecule has 3 heterocycles. The standard InChI is InChI=1S/C19H22N4OS.CH4/c24-11-13-5-14-9-23(10-15(14)6-13)8-12-1-2-17-16(7-12)22-18-19(25-17)21-4-3-20-18;/h1-4,7,13-15,24H,5-6,8-11H2,(H,20,22);1H4. The molecule has 1 aliphatic carbocycles. The minimum atomic E-state index is 0. The van der Waals surface area contributed by atoms with Gasteiger partial charge in [-0.25, -0.2) is 9.97 Å². The van der Waals surface area contributed by atoms with Gasteiger partial charge in [-0.3, -0.25) is 4.90 Å². The predicted molar refractivity (Wildman–Crippen MR) is 105 cm³/mol. The first kappa shape index (κ1) is 17.8. The quantitative estimate of drug-likeness (QED) is 0.732. The fourth-order valence-corrected chi connectivity index (χ4v) is 5.52. The maximum atomic E-state index is 9.37. The van der Waals surface area contributed by atoms with E-state index in [1.165, 1.54) is 36.4 Å². The monoisotopic (exact) mass is 370 g/mol. The number of nitrogens with one attached hydrogen (secondary N) is 1. The molecule has 1 aromatic heterocycles. The van der Waals surface area contributed by atoms with E-state index in [0.29, 0.717) is 12.5 Å². The van der Waals surface area contributed by atoms with Crippen LogP contribution in [-0.4, -0.2) is 39.7 Å². The van der Waals surface area contributed by atoms with Crippen LogP contribution in [0.1, 0.15) is 25.8 Å². The average Bonchev–Trinajstić information content (AvgIpc) is 3.18. The Morgan fingerprint density at radius 1 is 1.15 bits per heavy atom. The maximum absolute atomic E-state index is 9.37. The summed E-state index contributed by atoms with van der Waals surface area (Å²) in [6.45, 7) is 3.72. The lowest BCUT2D eigenvalue weighted by Crippen LogP contribution is -2.22. The Morgan fingerprint density at radius 2 is 1.92 bits per heavy atom. The largest absolute Gasteiger partial charge is 0.396 e. The number of likely N-dealkylation sites (tertiary alicyclic amines) is 1. The molecule has 0 amide bonds. The van der Waals surface area contributed by atoms with Gasteiger partial charge in [0.2, 0.25) is 0 Å². The van der Waals surface area contributed by atoms with E-state index in [4.69, 9.17) is 0 Å². The molecule has 2 aliphatic heterocycles. The fourth-order valence-electron chi connectivity index (χ4n) is 4.64. The third-order valence-electron chi connectivity index (χ3n) is 5.76. The Balaban J connectivity index is 0.00000168. The highest BCUT2D eigenvalue weighted by molar-refractivity contribution is 7.99. The van der Waals surface area contributed by atoms with E-state index in [0.717, 1.165) is 34.9 Å². The summed E-state index contributed by atoms with van der Waals surface area (Å²) < 4.78 is 0. The molecule has 26 heavy (non-hydrogen) atoms. The Kier molecular flexibility index (Phi) is 4.90. The molecule has 2 N–H and O–H groups in total. The zero-order chi connectivity index (χ0) is 16.8. The first-order chi connectivity index (χ1) is 12.3. The topological polar surface area (TPSA) is 61.3 Å². The number of aliphatic hydroxyl groups is 1. The third-order valence-corrected chi connectivity index (χ3v) is 6.82. The van der Waals surface area contributed by atoms with Gasteiger partial charge in [-0.1, -0.05) is 25.3 Å². The number of fused-ring (bicyclic) bond motifs is 3. The van der Waals surface area contributed by atoms with Crippen LogP contribution in [-0.2, 0) is 6.54 Å². The second-order valence-corrected chi connectivity index (χ2v) is 8.53. The van der Waals surface area contributed by atoms with E-state index >= 15 is 0 Å². The van der Waals surface area contributed by atoms with Gasteiger partial charge < -0.3 is 10.4 Å². The van der Waals surface area contributed by atoms with Crippen molar-refractivity contribution in [1.29, 1.82) is 0 Å². The zero-order valence-electron chi connectivity index (χ0n) is 14.1. The van der Waals surface area contributed by atoms with E-state index in [9.17, 15) is 5.11 Å². The van der Waals surface area contributed by atoms with Crippen LogP contribution in [0, 0.1) is 17.8 Å². The van der Waals surface area contributed by atoms with Crippen molar-refractivity contribution in [2.45, 2.75) is 36.7 Å². The van der Waals surface area contributed by atoms with Crippen LogP contribution in [0.25, 0.3) is 0 Å². The number of aromatic nitrogens is 2. The molecule has 2 unspecified atom stereocenters. The Labute approximate surface area is 159 Å². The van der Waals surface area contributed by atoms with Crippen LogP contribution in [0.2, 0.25) is 0 Å². The zero-order valence-corrected chi connectivity index (χ0v) is 14.9. The van der Waals surface area contributed by atoms with E-state index in [2.05, 4.69) is 38.4 Å². The van der Waals surface area contributed by atoms with E-state index in [-0.39, 0.29) is 7.43 Å². The molecule has 138 valence electrons. The van der Waals surface area contributed by atoms with Crippen LogP contribution in [0.5, 0.6) is 0 Å². The van der Waals surface area contributed by atoms with Crippen molar-refractivity contribution in [1.82, 2.24) is 14.9 Å². The molecule has 1 saturated carbocycles. The van der Waals surface area contributed by atoms with E-state index in [1.54, 1.807) is 24.2 Å². The summed E-state index contributed by atoms with van der Waals surface area (Å²) in [4.78, 5) is 12.5. The van der Waals surface area contributed by atoms with Gasteiger partial charge in [-0.2, -0.15) is 0 Å². The van der Waals surface area contributed by atoms with Gasteiger partial charge >= 0.3 is 0 Å². The van der Waals surface area contributed by atoms with Crippen molar-refractivity contribution < 1.29 is 5.11 Å². The summed E-state index contributed by atoms with van der Waals surface area (Å²) >= 11 is 1.68. The van der Waals surface area contributed by atoms with Crippen LogP contribution >= 0.6 is 11.8 Å². The molecule has 0 spiro atoms. The lowest BCUT2D eigenvalue weighted by Gasteiger charge is -2.22. The van der Waals surface area contributed by atoms with E-state index < -0.39 is 0 Å². The van der Waals surface area contributed by atoms with Crippen molar-refractivity contribution in [3.63, 3.8) is 0 Å². The number of anilines is 2. The summed E-state index contributed by atoms with van der Waals surface area (Å²) in [5.74, 6) is 2.96.